The zero-order valence-electron chi connectivity index (χ0n) is 20.3. The van der Waals surface area contributed by atoms with E-state index in [1.807, 2.05) is 0 Å². The number of likely N-dealkylation sites (tertiary alicyclic amines) is 1. The lowest BCUT2D eigenvalue weighted by molar-refractivity contribution is -0.125. The van der Waals surface area contributed by atoms with Crippen LogP contribution < -0.4 is 15.1 Å². The van der Waals surface area contributed by atoms with Crippen LogP contribution in [0.5, 0.6) is 0 Å². The fraction of sp³-hybridized carbons (Fsp3) is 0.667. The zero-order chi connectivity index (χ0) is 24.3. The van der Waals surface area contributed by atoms with Gasteiger partial charge in [0.15, 0.2) is 0 Å². The van der Waals surface area contributed by atoms with Gasteiger partial charge in [0, 0.05) is 32.7 Å². The average molecular weight is 492 g/mol. The largest absolute Gasteiger partial charge is 0.358 e. The summed E-state index contributed by atoms with van der Waals surface area (Å²) in [7, 11) is -3.69. The molecule has 9 nitrogen and oxygen atoms in total. The normalized spacial score (nSPS) is 21.0. The summed E-state index contributed by atoms with van der Waals surface area (Å²) in [5.41, 5.74) is 1.33. The lowest BCUT2D eigenvalue weighted by atomic mass is 9.96. The molecular formula is C24H37N5O4S. The lowest BCUT2D eigenvalue weighted by Crippen LogP contribution is -2.57. The summed E-state index contributed by atoms with van der Waals surface area (Å²) in [5.74, 6) is -0.348. The monoisotopic (exact) mass is 491 g/mol. The molecule has 0 unspecified atom stereocenters. The molecule has 1 aromatic rings. The van der Waals surface area contributed by atoms with Gasteiger partial charge < -0.3 is 15.1 Å². The Morgan fingerprint density at radius 2 is 1.76 bits per heavy atom. The van der Waals surface area contributed by atoms with Crippen molar-refractivity contribution in [2.75, 3.05) is 62.2 Å². The number of anilines is 2. The number of fused-ring (bicyclic) bond motifs is 3. The van der Waals surface area contributed by atoms with Gasteiger partial charge in [-0.1, -0.05) is 13.8 Å². The standard InChI is InChI=1S/C24H37N5O4S/c1-3-27(4-2)34(32,33)19-10-11-20-22(17-19)29(24(31)21-9-5-6-15-28(20)21)18-23(30)25-12-16-26-13-7-8-14-26/h10-11,17,21H,3-9,12-16,18H2,1-2H3,(H,25,30)/t21-/m0/s1. The second-order valence-corrected chi connectivity index (χ2v) is 11.2. The molecule has 3 aliphatic heterocycles. The van der Waals surface area contributed by atoms with Crippen molar-refractivity contribution in [2.45, 2.75) is 56.9 Å². The van der Waals surface area contributed by atoms with Gasteiger partial charge in [0.05, 0.1) is 16.3 Å². The molecule has 2 amide bonds. The van der Waals surface area contributed by atoms with Gasteiger partial charge >= 0.3 is 0 Å². The molecular weight excluding hydrogens is 454 g/mol. The predicted octanol–water partition coefficient (Wildman–Crippen LogP) is 1.63. The molecule has 1 N–H and O–H groups in total. The summed E-state index contributed by atoms with van der Waals surface area (Å²) in [4.78, 5) is 32.4. The van der Waals surface area contributed by atoms with Crippen LogP contribution in [0.25, 0.3) is 0 Å². The second-order valence-electron chi connectivity index (χ2n) is 9.27. The number of hydrogen-bond donors (Lipinski definition) is 1. The minimum Gasteiger partial charge on any atom is -0.358 e. The molecule has 4 rings (SSSR count). The van der Waals surface area contributed by atoms with Crippen molar-refractivity contribution in [1.29, 1.82) is 0 Å². The summed E-state index contributed by atoms with van der Waals surface area (Å²) in [6, 6.07) is 4.70. The number of piperidine rings is 1. The number of nitrogens with one attached hydrogen (secondary N) is 1. The van der Waals surface area contributed by atoms with Crippen LogP contribution >= 0.6 is 0 Å². The van der Waals surface area contributed by atoms with E-state index in [2.05, 4.69) is 15.1 Å². The molecule has 0 aromatic heterocycles. The number of amides is 2. The highest BCUT2D eigenvalue weighted by atomic mass is 32.2. The van der Waals surface area contributed by atoms with Crippen LogP contribution in [0.3, 0.4) is 0 Å². The van der Waals surface area contributed by atoms with E-state index in [-0.39, 0.29) is 29.3 Å². The molecule has 1 aromatic carbocycles. The third-order valence-electron chi connectivity index (χ3n) is 7.19. The minimum absolute atomic E-state index is 0.106. The molecule has 1 atom stereocenters. The molecule has 3 heterocycles. The van der Waals surface area contributed by atoms with Gasteiger partial charge in [-0.2, -0.15) is 4.31 Å². The molecule has 0 radical (unpaired) electrons. The Balaban J connectivity index is 1.59. The van der Waals surface area contributed by atoms with Gasteiger partial charge in [0.25, 0.3) is 0 Å². The predicted molar refractivity (Wildman–Crippen MR) is 133 cm³/mol. The maximum absolute atomic E-state index is 13.5. The van der Waals surface area contributed by atoms with Crippen molar-refractivity contribution >= 4 is 33.2 Å². The first-order valence-electron chi connectivity index (χ1n) is 12.6. The van der Waals surface area contributed by atoms with Crippen molar-refractivity contribution in [3.8, 4) is 0 Å². The molecule has 188 valence electrons. The van der Waals surface area contributed by atoms with Crippen LogP contribution in [0, 0.1) is 0 Å². The van der Waals surface area contributed by atoms with Gasteiger partial charge in [-0.05, 0) is 63.4 Å². The molecule has 2 saturated heterocycles. The second kappa shape index (κ2) is 10.6. The number of hydrogen-bond acceptors (Lipinski definition) is 6. The van der Waals surface area contributed by atoms with Crippen molar-refractivity contribution < 1.29 is 18.0 Å². The van der Waals surface area contributed by atoms with Crippen molar-refractivity contribution in [3.05, 3.63) is 18.2 Å². The number of sulfonamides is 1. The van der Waals surface area contributed by atoms with Crippen LogP contribution in [0.4, 0.5) is 11.4 Å². The molecule has 0 bridgehead atoms. The number of benzene rings is 1. The Hall–Kier alpha value is -2.17. The number of carbonyl (C=O) groups excluding carboxylic acids is 2. The van der Waals surface area contributed by atoms with Crippen LogP contribution in [0.1, 0.15) is 46.0 Å². The smallest absolute Gasteiger partial charge is 0.250 e. The first-order chi connectivity index (χ1) is 16.4. The van der Waals surface area contributed by atoms with Crippen molar-refractivity contribution in [2.24, 2.45) is 0 Å². The Bertz CT molecular complexity index is 1000. The highest BCUT2D eigenvalue weighted by Crippen LogP contribution is 2.40. The van der Waals surface area contributed by atoms with Crippen LogP contribution in [-0.4, -0.2) is 87.8 Å². The van der Waals surface area contributed by atoms with Gasteiger partial charge in [0.2, 0.25) is 21.8 Å². The summed E-state index contributed by atoms with van der Waals surface area (Å²) >= 11 is 0. The van der Waals surface area contributed by atoms with Crippen LogP contribution in [0.2, 0.25) is 0 Å². The zero-order valence-corrected chi connectivity index (χ0v) is 21.1. The van der Waals surface area contributed by atoms with Gasteiger partial charge in [0.1, 0.15) is 12.6 Å². The van der Waals surface area contributed by atoms with E-state index in [0.29, 0.717) is 25.3 Å². The van der Waals surface area contributed by atoms with E-state index in [1.165, 1.54) is 22.0 Å². The van der Waals surface area contributed by atoms with Gasteiger partial charge in [-0.3, -0.25) is 14.5 Å². The summed E-state index contributed by atoms with van der Waals surface area (Å²) in [6.07, 6.45) is 5.09. The average Bonchev–Trinajstić information content (AvgIpc) is 3.35. The molecule has 0 aliphatic carbocycles. The van der Waals surface area contributed by atoms with E-state index in [4.69, 9.17) is 0 Å². The third kappa shape index (κ3) is 4.94. The summed E-state index contributed by atoms with van der Waals surface area (Å²) < 4.78 is 27.7. The van der Waals surface area contributed by atoms with E-state index in [0.717, 1.165) is 51.1 Å². The maximum Gasteiger partial charge on any atom is 0.250 e. The fourth-order valence-electron chi connectivity index (χ4n) is 5.33. The number of rotatable bonds is 9. The molecule has 34 heavy (non-hydrogen) atoms. The molecule has 2 fully saturated rings. The van der Waals surface area contributed by atoms with Crippen molar-refractivity contribution in [3.63, 3.8) is 0 Å². The minimum atomic E-state index is -3.69. The van der Waals surface area contributed by atoms with E-state index in [1.54, 1.807) is 32.0 Å². The van der Waals surface area contributed by atoms with E-state index < -0.39 is 10.0 Å². The summed E-state index contributed by atoms with van der Waals surface area (Å²) in [6.45, 7) is 8.47. The van der Waals surface area contributed by atoms with Crippen molar-refractivity contribution in [1.82, 2.24) is 14.5 Å². The molecule has 10 heteroatoms. The number of nitrogens with zero attached hydrogens (tertiary/aromatic N) is 4. The SMILES string of the molecule is CCN(CC)S(=O)(=O)c1ccc2c(c1)N(CC(=O)NCCN1CCCC1)C(=O)[C@@H]1CCCCN21. The number of carbonyl (C=O) groups is 2. The Morgan fingerprint density at radius 3 is 2.47 bits per heavy atom. The topological polar surface area (TPSA) is 93.3 Å². The van der Waals surface area contributed by atoms with E-state index >= 15 is 0 Å². The van der Waals surface area contributed by atoms with Gasteiger partial charge in [-0.25, -0.2) is 8.42 Å². The Labute approximate surface area is 203 Å². The highest BCUT2D eigenvalue weighted by molar-refractivity contribution is 7.89. The van der Waals surface area contributed by atoms with E-state index in [9.17, 15) is 18.0 Å². The Kier molecular flexibility index (Phi) is 7.79. The Morgan fingerprint density at radius 1 is 1.06 bits per heavy atom. The first-order valence-corrected chi connectivity index (χ1v) is 14.0. The quantitative estimate of drug-likeness (QED) is 0.565. The molecule has 3 aliphatic rings. The van der Waals surface area contributed by atoms with Crippen LogP contribution in [0.15, 0.2) is 23.1 Å². The highest BCUT2D eigenvalue weighted by Gasteiger charge is 2.40. The van der Waals surface area contributed by atoms with Gasteiger partial charge in [-0.15, -0.1) is 0 Å². The van der Waals surface area contributed by atoms with Crippen LogP contribution in [-0.2, 0) is 19.6 Å². The fourth-order valence-corrected chi connectivity index (χ4v) is 6.81. The first kappa shape index (κ1) is 24.9. The lowest BCUT2D eigenvalue weighted by Gasteiger charge is -2.45. The third-order valence-corrected chi connectivity index (χ3v) is 9.24. The maximum atomic E-state index is 13.5. The molecule has 0 saturated carbocycles. The summed E-state index contributed by atoms with van der Waals surface area (Å²) in [5, 5.41) is 2.95. The molecule has 0 spiro atoms.